The van der Waals surface area contributed by atoms with Crippen molar-refractivity contribution in [3.8, 4) is 0 Å². The van der Waals surface area contributed by atoms with E-state index in [-0.39, 0.29) is 0 Å². The molecule has 1 heterocycles. The molecule has 2 aliphatic carbocycles. The van der Waals surface area contributed by atoms with Crippen molar-refractivity contribution in [2.75, 3.05) is 12.4 Å². The van der Waals surface area contributed by atoms with Crippen LogP contribution in [-0.4, -0.2) is 17.0 Å². The van der Waals surface area contributed by atoms with Crippen molar-refractivity contribution < 1.29 is 0 Å². The molecular formula is C18H21N3. The number of hydrogen-bond acceptors (Lipinski definition) is 3. The molecule has 2 aromatic rings. The Labute approximate surface area is 125 Å². The van der Waals surface area contributed by atoms with Crippen LogP contribution in [-0.2, 0) is 6.42 Å². The van der Waals surface area contributed by atoms with Crippen LogP contribution in [0.5, 0.6) is 0 Å². The molecule has 1 atom stereocenters. The number of rotatable bonds is 3. The SMILES string of the molecule is CNc1cc(C2CCCC2)nc(C2Cc3ccccc32)n1. The van der Waals surface area contributed by atoms with Crippen LogP contribution < -0.4 is 5.32 Å². The lowest BCUT2D eigenvalue weighted by molar-refractivity contribution is 0.631. The molecule has 0 spiro atoms. The van der Waals surface area contributed by atoms with E-state index in [1.165, 1.54) is 42.5 Å². The van der Waals surface area contributed by atoms with Gasteiger partial charge in [0, 0.05) is 30.6 Å². The summed E-state index contributed by atoms with van der Waals surface area (Å²) in [4.78, 5) is 9.66. The normalized spacial score (nSPS) is 20.9. The number of anilines is 1. The highest BCUT2D eigenvalue weighted by molar-refractivity contribution is 5.46. The highest BCUT2D eigenvalue weighted by Gasteiger charge is 2.30. The van der Waals surface area contributed by atoms with Crippen LogP contribution in [0.1, 0.15) is 60.2 Å². The third-order valence-electron chi connectivity index (χ3n) is 4.96. The lowest BCUT2D eigenvalue weighted by atomic mass is 9.77. The van der Waals surface area contributed by atoms with Gasteiger partial charge < -0.3 is 5.32 Å². The second kappa shape index (κ2) is 5.14. The second-order valence-electron chi connectivity index (χ2n) is 6.22. The first kappa shape index (κ1) is 12.8. The molecule has 0 radical (unpaired) electrons. The van der Waals surface area contributed by atoms with Crippen molar-refractivity contribution in [3.05, 3.63) is 53.0 Å². The number of fused-ring (bicyclic) bond motifs is 1. The molecule has 0 aliphatic heterocycles. The van der Waals surface area contributed by atoms with E-state index in [2.05, 4.69) is 35.6 Å². The molecule has 1 saturated carbocycles. The van der Waals surface area contributed by atoms with Crippen LogP contribution in [0.4, 0.5) is 5.82 Å². The van der Waals surface area contributed by atoms with E-state index >= 15 is 0 Å². The molecule has 21 heavy (non-hydrogen) atoms. The molecule has 1 fully saturated rings. The molecule has 0 saturated heterocycles. The Kier molecular flexibility index (Phi) is 3.13. The first-order valence-electron chi connectivity index (χ1n) is 7.99. The van der Waals surface area contributed by atoms with Crippen LogP contribution in [0.2, 0.25) is 0 Å². The Morgan fingerprint density at radius 1 is 1.10 bits per heavy atom. The third-order valence-corrected chi connectivity index (χ3v) is 4.96. The maximum atomic E-state index is 4.93. The van der Waals surface area contributed by atoms with Gasteiger partial charge in [-0.3, -0.25) is 0 Å². The zero-order valence-corrected chi connectivity index (χ0v) is 12.5. The van der Waals surface area contributed by atoms with Crippen molar-refractivity contribution >= 4 is 5.82 Å². The lowest BCUT2D eigenvalue weighted by Gasteiger charge is -2.29. The van der Waals surface area contributed by atoms with E-state index in [9.17, 15) is 0 Å². The molecule has 1 N–H and O–H groups in total. The predicted octanol–water partition coefficient (Wildman–Crippen LogP) is 3.86. The van der Waals surface area contributed by atoms with Crippen molar-refractivity contribution in [1.82, 2.24) is 9.97 Å². The summed E-state index contributed by atoms with van der Waals surface area (Å²) in [5.74, 6) is 2.98. The fraction of sp³-hybridized carbons (Fsp3) is 0.444. The number of hydrogen-bond donors (Lipinski definition) is 1. The summed E-state index contributed by atoms with van der Waals surface area (Å²) >= 11 is 0. The minimum Gasteiger partial charge on any atom is -0.373 e. The number of aromatic nitrogens is 2. The van der Waals surface area contributed by atoms with E-state index in [0.717, 1.165) is 18.1 Å². The summed E-state index contributed by atoms with van der Waals surface area (Å²) in [6.45, 7) is 0. The Hall–Kier alpha value is -1.90. The van der Waals surface area contributed by atoms with Crippen molar-refractivity contribution in [2.24, 2.45) is 0 Å². The van der Waals surface area contributed by atoms with Crippen LogP contribution in [0, 0.1) is 0 Å². The zero-order chi connectivity index (χ0) is 14.2. The van der Waals surface area contributed by atoms with Gasteiger partial charge in [0.05, 0.1) is 0 Å². The summed E-state index contributed by atoms with van der Waals surface area (Å²) in [6, 6.07) is 10.8. The molecule has 1 aromatic heterocycles. The molecule has 3 heteroatoms. The van der Waals surface area contributed by atoms with E-state index < -0.39 is 0 Å². The highest BCUT2D eigenvalue weighted by atomic mass is 15.0. The Morgan fingerprint density at radius 2 is 1.90 bits per heavy atom. The van der Waals surface area contributed by atoms with Gasteiger partial charge in [-0.2, -0.15) is 0 Å². The van der Waals surface area contributed by atoms with Gasteiger partial charge in [0.15, 0.2) is 0 Å². The van der Waals surface area contributed by atoms with E-state index in [1.807, 2.05) is 7.05 Å². The average molecular weight is 279 g/mol. The minimum atomic E-state index is 0.384. The second-order valence-corrected chi connectivity index (χ2v) is 6.22. The molecule has 108 valence electrons. The first-order chi connectivity index (χ1) is 10.3. The van der Waals surface area contributed by atoms with E-state index in [1.54, 1.807) is 0 Å². The van der Waals surface area contributed by atoms with E-state index in [0.29, 0.717) is 11.8 Å². The summed E-state index contributed by atoms with van der Waals surface area (Å²) in [6.07, 6.45) is 6.31. The summed E-state index contributed by atoms with van der Waals surface area (Å²) in [5, 5.41) is 3.21. The maximum absolute atomic E-state index is 4.93. The van der Waals surface area contributed by atoms with Crippen molar-refractivity contribution in [2.45, 2.75) is 43.9 Å². The first-order valence-corrected chi connectivity index (χ1v) is 7.99. The van der Waals surface area contributed by atoms with Gasteiger partial charge in [-0.15, -0.1) is 0 Å². The Morgan fingerprint density at radius 3 is 2.67 bits per heavy atom. The van der Waals surface area contributed by atoms with Crippen LogP contribution in [0.3, 0.4) is 0 Å². The molecular weight excluding hydrogens is 258 g/mol. The van der Waals surface area contributed by atoms with Gasteiger partial charge in [0.2, 0.25) is 0 Å². The van der Waals surface area contributed by atoms with E-state index in [4.69, 9.17) is 9.97 Å². The smallest absolute Gasteiger partial charge is 0.138 e. The largest absolute Gasteiger partial charge is 0.373 e. The summed E-state index contributed by atoms with van der Waals surface area (Å²) in [7, 11) is 1.94. The number of nitrogens with one attached hydrogen (secondary N) is 1. The molecule has 4 rings (SSSR count). The molecule has 2 aliphatic rings. The van der Waals surface area contributed by atoms with Gasteiger partial charge in [0.1, 0.15) is 11.6 Å². The minimum absolute atomic E-state index is 0.384. The van der Waals surface area contributed by atoms with Gasteiger partial charge in [-0.1, -0.05) is 37.1 Å². The summed E-state index contributed by atoms with van der Waals surface area (Å²) in [5.41, 5.74) is 4.10. The maximum Gasteiger partial charge on any atom is 0.138 e. The number of benzene rings is 1. The van der Waals surface area contributed by atoms with Gasteiger partial charge >= 0.3 is 0 Å². The zero-order valence-electron chi connectivity index (χ0n) is 12.5. The quantitative estimate of drug-likeness (QED) is 0.927. The lowest BCUT2D eigenvalue weighted by Crippen LogP contribution is -2.21. The fourth-order valence-electron chi connectivity index (χ4n) is 3.69. The summed E-state index contributed by atoms with van der Waals surface area (Å²) < 4.78 is 0. The topological polar surface area (TPSA) is 37.8 Å². The highest BCUT2D eigenvalue weighted by Crippen LogP contribution is 2.40. The fourth-order valence-corrected chi connectivity index (χ4v) is 3.69. The van der Waals surface area contributed by atoms with Gasteiger partial charge in [0.25, 0.3) is 0 Å². The molecule has 1 unspecified atom stereocenters. The van der Waals surface area contributed by atoms with Crippen LogP contribution in [0.25, 0.3) is 0 Å². The van der Waals surface area contributed by atoms with Crippen molar-refractivity contribution in [1.29, 1.82) is 0 Å². The monoisotopic (exact) mass is 279 g/mol. The molecule has 1 aromatic carbocycles. The van der Waals surface area contributed by atoms with Gasteiger partial charge in [-0.05, 0) is 30.4 Å². The van der Waals surface area contributed by atoms with Crippen molar-refractivity contribution in [3.63, 3.8) is 0 Å². The van der Waals surface area contributed by atoms with Gasteiger partial charge in [-0.25, -0.2) is 9.97 Å². The predicted molar refractivity (Wildman–Crippen MR) is 84.8 cm³/mol. The standard InChI is InChI=1S/C18H21N3/c1-19-17-11-16(12-6-2-3-7-12)20-18(21-17)15-10-13-8-4-5-9-14(13)15/h4-5,8-9,11-12,15H,2-3,6-7,10H2,1H3,(H,19,20,21). The van der Waals surface area contributed by atoms with Crippen LogP contribution in [0.15, 0.2) is 30.3 Å². The Balaban J connectivity index is 1.70. The van der Waals surface area contributed by atoms with Crippen LogP contribution >= 0.6 is 0 Å². The molecule has 0 amide bonds. The Bertz CT molecular complexity index is 659. The average Bonchev–Trinajstić information content (AvgIpc) is 3.02. The molecule has 0 bridgehead atoms. The molecule has 3 nitrogen and oxygen atoms in total. The third kappa shape index (κ3) is 2.21. The number of nitrogens with zero attached hydrogens (tertiary/aromatic N) is 2.